The molecule has 0 spiro atoms. The van der Waals surface area contributed by atoms with Crippen LogP contribution in [-0.4, -0.2) is 25.7 Å². The molecular weight excluding hydrogens is 262 g/mol. The Morgan fingerprint density at radius 1 is 1.19 bits per heavy atom. The van der Waals surface area contributed by atoms with Crippen molar-refractivity contribution >= 4 is 11.7 Å². The normalized spacial score (nSPS) is 16.4. The number of hydrogen-bond acceptors (Lipinski definition) is 2. The number of benzene rings is 1. The van der Waals surface area contributed by atoms with Crippen LogP contribution in [0.5, 0.6) is 0 Å². The smallest absolute Gasteiger partial charge is 0.315 e. The van der Waals surface area contributed by atoms with Gasteiger partial charge in [-0.1, -0.05) is 19.1 Å². The summed E-state index contributed by atoms with van der Waals surface area (Å²) in [5.74, 6) is 0. The van der Waals surface area contributed by atoms with E-state index in [1.807, 2.05) is 13.8 Å². The van der Waals surface area contributed by atoms with Crippen molar-refractivity contribution in [1.82, 2.24) is 10.6 Å². The van der Waals surface area contributed by atoms with Crippen LogP contribution in [0.25, 0.3) is 0 Å². The first kappa shape index (κ1) is 15.7. The summed E-state index contributed by atoms with van der Waals surface area (Å²) in [7, 11) is 0. The van der Waals surface area contributed by atoms with Crippen LogP contribution >= 0.6 is 0 Å². The molecule has 0 bridgehead atoms. The van der Waals surface area contributed by atoms with Gasteiger partial charge in [-0.05, 0) is 50.3 Å². The number of amides is 2. The van der Waals surface area contributed by atoms with Crippen LogP contribution in [0.15, 0.2) is 24.3 Å². The molecule has 0 aliphatic carbocycles. The zero-order valence-electron chi connectivity index (χ0n) is 13.2. The molecule has 0 unspecified atom stereocenters. The van der Waals surface area contributed by atoms with Crippen molar-refractivity contribution in [2.24, 2.45) is 0 Å². The molecule has 4 nitrogen and oxygen atoms in total. The maximum atomic E-state index is 11.7. The van der Waals surface area contributed by atoms with Gasteiger partial charge in [-0.25, -0.2) is 4.79 Å². The van der Waals surface area contributed by atoms with E-state index < -0.39 is 0 Å². The van der Waals surface area contributed by atoms with Crippen molar-refractivity contribution in [3.05, 3.63) is 29.8 Å². The van der Waals surface area contributed by atoms with Gasteiger partial charge in [0.05, 0.1) is 6.04 Å². The van der Waals surface area contributed by atoms with E-state index in [2.05, 4.69) is 39.8 Å². The largest absolute Gasteiger partial charge is 0.372 e. The summed E-state index contributed by atoms with van der Waals surface area (Å²) in [6.07, 6.45) is 4.88. The van der Waals surface area contributed by atoms with Gasteiger partial charge < -0.3 is 15.5 Å². The van der Waals surface area contributed by atoms with Gasteiger partial charge in [0.2, 0.25) is 0 Å². The highest BCUT2D eigenvalue weighted by atomic mass is 16.2. The molecule has 1 aromatic carbocycles. The van der Waals surface area contributed by atoms with Crippen LogP contribution in [0.1, 0.15) is 51.1 Å². The first-order valence-corrected chi connectivity index (χ1v) is 8.10. The molecule has 116 valence electrons. The molecule has 1 saturated heterocycles. The van der Waals surface area contributed by atoms with Gasteiger partial charge in [-0.3, -0.25) is 0 Å². The average molecular weight is 289 g/mol. The lowest BCUT2D eigenvalue weighted by molar-refractivity contribution is 0.238. The lowest BCUT2D eigenvalue weighted by Crippen LogP contribution is -2.37. The fourth-order valence-electron chi connectivity index (χ4n) is 2.70. The number of nitrogens with zero attached hydrogens (tertiary/aromatic N) is 1. The van der Waals surface area contributed by atoms with Crippen LogP contribution < -0.4 is 15.5 Å². The maximum absolute atomic E-state index is 11.7. The molecule has 1 aliphatic heterocycles. The zero-order valence-corrected chi connectivity index (χ0v) is 13.2. The number of carbonyl (C=O) groups is 1. The lowest BCUT2D eigenvalue weighted by Gasteiger charge is -2.29. The Hall–Kier alpha value is -1.71. The summed E-state index contributed by atoms with van der Waals surface area (Å²) in [6, 6.07) is 8.51. The van der Waals surface area contributed by atoms with E-state index in [1.165, 1.54) is 24.9 Å². The number of piperidine rings is 1. The van der Waals surface area contributed by atoms with Gasteiger partial charge in [-0.15, -0.1) is 0 Å². The third-order valence-electron chi connectivity index (χ3n) is 4.00. The molecule has 2 amide bonds. The zero-order chi connectivity index (χ0) is 15.1. The summed E-state index contributed by atoms with van der Waals surface area (Å²) in [5.41, 5.74) is 2.43. The Balaban J connectivity index is 1.90. The average Bonchev–Trinajstić information content (AvgIpc) is 2.54. The first-order chi connectivity index (χ1) is 10.2. The second-order valence-corrected chi connectivity index (χ2v) is 5.76. The van der Waals surface area contributed by atoms with Gasteiger partial charge in [0.1, 0.15) is 0 Å². The minimum absolute atomic E-state index is 0.0252. The Bertz CT molecular complexity index is 438. The van der Waals surface area contributed by atoms with Crippen molar-refractivity contribution in [2.45, 2.75) is 45.6 Å². The summed E-state index contributed by atoms with van der Waals surface area (Å²) in [4.78, 5) is 14.1. The Morgan fingerprint density at radius 2 is 1.86 bits per heavy atom. The highest BCUT2D eigenvalue weighted by Gasteiger charge is 2.12. The fourth-order valence-corrected chi connectivity index (χ4v) is 2.70. The van der Waals surface area contributed by atoms with Gasteiger partial charge in [-0.2, -0.15) is 0 Å². The highest BCUT2D eigenvalue weighted by molar-refractivity contribution is 5.74. The molecular formula is C17H27N3O. The van der Waals surface area contributed by atoms with Gasteiger partial charge >= 0.3 is 6.03 Å². The molecule has 21 heavy (non-hydrogen) atoms. The molecule has 0 saturated carbocycles. The molecule has 0 aromatic heterocycles. The number of carbonyl (C=O) groups excluding carboxylic acids is 1. The molecule has 2 N–H and O–H groups in total. The number of anilines is 1. The Kier molecular flexibility index (Phi) is 5.90. The minimum atomic E-state index is -0.0931. The quantitative estimate of drug-likeness (QED) is 0.872. The van der Waals surface area contributed by atoms with Gasteiger partial charge in [0.25, 0.3) is 0 Å². The Morgan fingerprint density at radius 3 is 2.48 bits per heavy atom. The third-order valence-corrected chi connectivity index (χ3v) is 4.00. The molecule has 0 radical (unpaired) electrons. The van der Waals surface area contributed by atoms with E-state index in [0.717, 1.165) is 25.1 Å². The van der Waals surface area contributed by atoms with E-state index in [0.29, 0.717) is 6.54 Å². The summed E-state index contributed by atoms with van der Waals surface area (Å²) in [5, 5.41) is 5.80. The van der Waals surface area contributed by atoms with Crippen LogP contribution in [0.2, 0.25) is 0 Å². The summed E-state index contributed by atoms with van der Waals surface area (Å²) in [6.45, 7) is 7.09. The highest BCUT2D eigenvalue weighted by Crippen LogP contribution is 2.22. The molecule has 1 atom stereocenters. The topological polar surface area (TPSA) is 44.4 Å². The number of nitrogens with one attached hydrogen (secondary N) is 2. The van der Waals surface area contributed by atoms with Gasteiger partial charge in [0.15, 0.2) is 0 Å². The summed E-state index contributed by atoms with van der Waals surface area (Å²) >= 11 is 0. The van der Waals surface area contributed by atoms with E-state index in [4.69, 9.17) is 0 Å². The van der Waals surface area contributed by atoms with E-state index in [-0.39, 0.29) is 12.1 Å². The van der Waals surface area contributed by atoms with Crippen molar-refractivity contribution in [1.29, 1.82) is 0 Å². The monoisotopic (exact) mass is 289 g/mol. The van der Waals surface area contributed by atoms with Crippen molar-refractivity contribution in [3.63, 3.8) is 0 Å². The molecule has 1 aliphatic rings. The second-order valence-electron chi connectivity index (χ2n) is 5.76. The van der Waals surface area contributed by atoms with Crippen LogP contribution in [0.3, 0.4) is 0 Å². The second kappa shape index (κ2) is 7.91. The van der Waals surface area contributed by atoms with Gasteiger partial charge in [0, 0.05) is 25.3 Å². The number of urea groups is 1. The minimum Gasteiger partial charge on any atom is -0.372 e. The SMILES string of the molecule is CCCNC(=O)N[C@@H](C)c1ccc(N2CCCCC2)cc1. The summed E-state index contributed by atoms with van der Waals surface area (Å²) < 4.78 is 0. The molecule has 1 fully saturated rings. The molecule has 4 heteroatoms. The molecule has 1 aromatic rings. The Labute approximate surface area is 127 Å². The predicted molar refractivity (Wildman–Crippen MR) is 87.7 cm³/mol. The number of rotatable bonds is 5. The molecule has 2 rings (SSSR count). The predicted octanol–water partition coefficient (Wildman–Crippen LogP) is 3.45. The standard InChI is InChI=1S/C17H27N3O/c1-3-11-18-17(21)19-14(2)15-7-9-16(10-8-15)20-12-5-4-6-13-20/h7-10,14H,3-6,11-13H2,1-2H3,(H2,18,19,21)/t14-/m0/s1. The first-order valence-electron chi connectivity index (χ1n) is 8.10. The van der Waals surface area contributed by atoms with Crippen molar-refractivity contribution < 1.29 is 4.79 Å². The fraction of sp³-hybridized carbons (Fsp3) is 0.588. The molecule has 1 heterocycles. The number of hydrogen-bond donors (Lipinski definition) is 2. The lowest BCUT2D eigenvalue weighted by atomic mass is 10.1. The van der Waals surface area contributed by atoms with Crippen molar-refractivity contribution in [3.8, 4) is 0 Å². The van der Waals surface area contributed by atoms with Crippen LogP contribution in [0.4, 0.5) is 10.5 Å². The van der Waals surface area contributed by atoms with Crippen molar-refractivity contribution in [2.75, 3.05) is 24.5 Å². The van der Waals surface area contributed by atoms with E-state index in [1.54, 1.807) is 0 Å². The van der Waals surface area contributed by atoms with Crippen LogP contribution in [0, 0.1) is 0 Å². The van der Waals surface area contributed by atoms with E-state index >= 15 is 0 Å². The maximum Gasteiger partial charge on any atom is 0.315 e. The van der Waals surface area contributed by atoms with Crippen LogP contribution in [-0.2, 0) is 0 Å². The third kappa shape index (κ3) is 4.66. The van der Waals surface area contributed by atoms with E-state index in [9.17, 15) is 4.79 Å².